The number of fused-ring (bicyclic) bond motifs is 1. The van der Waals surface area contributed by atoms with Gasteiger partial charge < -0.3 is 10.2 Å². The van der Waals surface area contributed by atoms with Crippen LogP contribution in [0.4, 0.5) is 0 Å². The van der Waals surface area contributed by atoms with E-state index in [2.05, 4.69) is 41.7 Å². The van der Waals surface area contributed by atoms with Gasteiger partial charge >= 0.3 is 0 Å². The molecule has 3 nitrogen and oxygen atoms in total. The molecule has 2 aromatic rings. The summed E-state index contributed by atoms with van der Waals surface area (Å²) in [6.07, 6.45) is 6.20. The lowest BCUT2D eigenvalue weighted by molar-refractivity contribution is -0.901. The SMILES string of the molecule is O=C(NCc1ccc(C[NH+]2CCCC2)cc1)c1ccc2c(c1)CCC2. The van der Waals surface area contributed by atoms with Gasteiger partial charge in [0, 0.05) is 30.5 Å². The maximum absolute atomic E-state index is 12.4. The minimum atomic E-state index is 0.0280. The summed E-state index contributed by atoms with van der Waals surface area (Å²) >= 11 is 0. The van der Waals surface area contributed by atoms with Gasteiger partial charge in [0.05, 0.1) is 13.1 Å². The quantitative estimate of drug-likeness (QED) is 0.864. The molecule has 1 aliphatic heterocycles. The Bertz CT molecular complexity index is 745. The Morgan fingerprint density at radius 2 is 1.60 bits per heavy atom. The summed E-state index contributed by atoms with van der Waals surface area (Å²) in [5, 5.41) is 3.05. The molecular weight excluding hydrogens is 308 g/mol. The van der Waals surface area contributed by atoms with Gasteiger partial charge in [0.1, 0.15) is 6.54 Å². The van der Waals surface area contributed by atoms with Crippen molar-refractivity contribution in [3.63, 3.8) is 0 Å². The maximum atomic E-state index is 12.4. The number of nitrogens with one attached hydrogen (secondary N) is 2. The Morgan fingerprint density at radius 1 is 0.880 bits per heavy atom. The molecule has 0 aromatic heterocycles. The molecule has 0 unspecified atom stereocenters. The molecule has 0 radical (unpaired) electrons. The highest BCUT2D eigenvalue weighted by Gasteiger charge is 2.16. The fourth-order valence-corrected chi connectivity index (χ4v) is 4.11. The summed E-state index contributed by atoms with van der Waals surface area (Å²) in [7, 11) is 0. The molecular formula is C22H27N2O+. The van der Waals surface area contributed by atoms with Gasteiger partial charge in [-0.25, -0.2) is 0 Å². The molecule has 1 heterocycles. The van der Waals surface area contributed by atoms with Crippen LogP contribution in [-0.2, 0) is 25.9 Å². The van der Waals surface area contributed by atoms with Crippen molar-refractivity contribution in [2.75, 3.05) is 13.1 Å². The van der Waals surface area contributed by atoms with Crippen molar-refractivity contribution < 1.29 is 9.69 Å². The summed E-state index contributed by atoms with van der Waals surface area (Å²) in [6.45, 7) is 4.33. The number of benzene rings is 2. The lowest BCUT2D eigenvalue weighted by atomic mass is 10.1. The van der Waals surface area contributed by atoms with Gasteiger partial charge in [-0.15, -0.1) is 0 Å². The van der Waals surface area contributed by atoms with Crippen LogP contribution in [0.2, 0.25) is 0 Å². The average molecular weight is 335 g/mol. The highest BCUT2D eigenvalue weighted by molar-refractivity contribution is 5.94. The van der Waals surface area contributed by atoms with Gasteiger partial charge in [0.25, 0.3) is 5.91 Å². The number of rotatable bonds is 5. The van der Waals surface area contributed by atoms with E-state index in [1.807, 2.05) is 6.07 Å². The summed E-state index contributed by atoms with van der Waals surface area (Å²) < 4.78 is 0. The molecule has 1 fully saturated rings. The lowest BCUT2D eigenvalue weighted by Gasteiger charge is -2.12. The number of carbonyl (C=O) groups excluding carboxylic acids is 1. The van der Waals surface area contributed by atoms with E-state index in [9.17, 15) is 4.79 Å². The summed E-state index contributed by atoms with van der Waals surface area (Å²) in [6, 6.07) is 14.9. The summed E-state index contributed by atoms with van der Waals surface area (Å²) in [5.41, 5.74) is 6.10. The second-order valence-corrected chi connectivity index (χ2v) is 7.47. The molecule has 0 saturated carbocycles. The topological polar surface area (TPSA) is 33.5 Å². The third kappa shape index (κ3) is 3.93. The van der Waals surface area contributed by atoms with Gasteiger partial charge in [-0.05, 0) is 48.1 Å². The molecule has 2 aromatic carbocycles. The Hall–Kier alpha value is -2.13. The van der Waals surface area contributed by atoms with Gasteiger partial charge in [0.2, 0.25) is 0 Å². The van der Waals surface area contributed by atoms with E-state index in [0.717, 1.165) is 30.5 Å². The molecule has 2 aliphatic rings. The van der Waals surface area contributed by atoms with Crippen LogP contribution < -0.4 is 10.2 Å². The van der Waals surface area contributed by atoms with Crippen molar-refractivity contribution in [1.82, 2.24) is 5.32 Å². The van der Waals surface area contributed by atoms with Crippen molar-refractivity contribution in [1.29, 1.82) is 0 Å². The van der Waals surface area contributed by atoms with Crippen molar-refractivity contribution in [2.45, 2.75) is 45.2 Å². The van der Waals surface area contributed by atoms with Gasteiger partial charge in [-0.3, -0.25) is 4.79 Å². The first-order valence-electron chi connectivity index (χ1n) is 9.59. The first-order valence-corrected chi connectivity index (χ1v) is 9.59. The first kappa shape index (κ1) is 16.3. The number of amides is 1. The fourth-order valence-electron chi connectivity index (χ4n) is 4.11. The van der Waals surface area contributed by atoms with E-state index < -0.39 is 0 Å². The highest BCUT2D eigenvalue weighted by Crippen LogP contribution is 2.22. The summed E-state index contributed by atoms with van der Waals surface area (Å²) in [5.74, 6) is 0.0280. The smallest absolute Gasteiger partial charge is 0.251 e. The van der Waals surface area contributed by atoms with E-state index in [4.69, 9.17) is 0 Å². The average Bonchev–Trinajstić information content (AvgIpc) is 3.31. The fraction of sp³-hybridized carbons (Fsp3) is 0.409. The van der Waals surface area contributed by atoms with Crippen LogP contribution in [0.3, 0.4) is 0 Å². The van der Waals surface area contributed by atoms with Crippen molar-refractivity contribution in [3.05, 3.63) is 70.3 Å². The number of hydrogen-bond donors (Lipinski definition) is 2. The zero-order valence-electron chi connectivity index (χ0n) is 14.8. The van der Waals surface area contributed by atoms with Crippen molar-refractivity contribution >= 4 is 5.91 Å². The van der Waals surface area contributed by atoms with E-state index in [1.54, 1.807) is 4.90 Å². The lowest BCUT2D eigenvalue weighted by Crippen LogP contribution is -3.08. The second-order valence-electron chi connectivity index (χ2n) is 7.47. The van der Waals surface area contributed by atoms with Crippen LogP contribution in [0.25, 0.3) is 0 Å². The summed E-state index contributed by atoms with van der Waals surface area (Å²) in [4.78, 5) is 14.1. The number of carbonyl (C=O) groups is 1. The van der Waals surface area contributed by atoms with E-state index in [1.165, 1.54) is 49.0 Å². The minimum Gasteiger partial charge on any atom is -0.348 e. The Balaban J connectivity index is 1.32. The Labute approximate surface area is 150 Å². The zero-order valence-corrected chi connectivity index (χ0v) is 14.8. The molecule has 3 heteroatoms. The third-order valence-electron chi connectivity index (χ3n) is 5.60. The number of quaternary nitrogens is 1. The van der Waals surface area contributed by atoms with E-state index in [0.29, 0.717) is 6.54 Å². The molecule has 1 aliphatic carbocycles. The molecule has 2 N–H and O–H groups in total. The molecule has 0 atom stereocenters. The minimum absolute atomic E-state index is 0.0280. The number of hydrogen-bond acceptors (Lipinski definition) is 1. The van der Waals surface area contributed by atoms with Crippen LogP contribution in [0.1, 0.15) is 51.9 Å². The second kappa shape index (κ2) is 7.40. The van der Waals surface area contributed by atoms with Gasteiger partial charge in [0.15, 0.2) is 0 Å². The van der Waals surface area contributed by atoms with Crippen LogP contribution in [0.5, 0.6) is 0 Å². The van der Waals surface area contributed by atoms with Crippen molar-refractivity contribution in [2.24, 2.45) is 0 Å². The molecule has 1 saturated heterocycles. The van der Waals surface area contributed by atoms with E-state index in [-0.39, 0.29) is 5.91 Å². The van der Waals surface area contributed by atoms with Gasteiger partial charge in [-0.2, -0.15) is 0 Å². The Morgan fingerprint density at radius 3 is 2.40 bits per heavy atom. The molecule has 0 bridgehead atoms. The molecule has 0 spiro atoms. The number of likely N-dealkylation sites (tertiary alicyclic amines) is 1. The number of aryl methyl sites for hydroxylation is 2. The molecule has 25 heavy (non-hydrogen) atoms. The van der Waals surface area contributed by atoms with Gasteiger partial charge in [-0.1, -0.05) is 30.3 Å². The molecule has 1 amide bonds. The third-order valence-corrected chi connectivity index (χ3v) is 5.60. The highest BCUT2D eigenvalue weighted by atomic mass is 16.1. The van der Waals surface area contributed by atoms with Crippen LogP contribution >= 0.6 is 0 Å². The van der Waals surface area contributed by atoms with Crippen molar-refractivity contribution in [3.8, 4) is 0 Å². The van der Waals surface area contributed by atoms with Crippen LogP contribution in [0.15, 0.2) is 42.5 Å². The van der Waals surface area contributed by atoms with Crippen LogP contribution in [0, 0.1) is 0 Å². The van der Waals surface area contributed by atoms with E-state index >= 15 is 0 Å². The standard InChI is InChI=1S/C22H26N2O/c25-22(21-11-10-19-4-3-5-20(19)14-21)23-15-17-6-8-18(9-7-17)16-24-12-1-2-13-24/h6-11,14H,1-5,12-13,15-16H2,(H,23,25)/p+1. The monoisotopic (exact) mass is 335 g/mol. The van der Waals surface area contributed by atoms with Crippen LogP contribution in [-0.4, -0.2) is 19.0 Å². The normalized spacial score (nSPS) is 16.8. The first-order chi connectivity index (χ1) is 12.3. The predicted octanol–water partition coefficient (Wildman–Crippen LogP) is 2.28. The molecule has 4 rings (SSSR count). The molecule has 130 valence electrons. The largest absolute Gasteiger partial charge is 0.348 e. The predicted molar refractivity (Wildman–Crippen MR) is 99.7 cm³/mol. The Kier molecular flexibility index (Phi) is 4.84. The maximum Gasteiger partial charge on any atom is 0.251 e. The zero-order chi connectivity index (χ0) is 17.1.